The van der Waals surface area contributed by atoms with E-state index in [1.54, 1.807) is 0 Å². The molecule has 25 heavy (non-hydrogen) atoms. The molecule has 2 aromatic rings. The summed E-state index contributed by atoms with van der Waals surface area (Å²) in [7, 11) is 0. The maximum absolute atomic E-state index is 4.67. The Morgan fingerprint density at radius 1 is 0.840 bits per heavy atom. The van der Waals surface area contributed by atoms with E-state index in [2.05, 4.69) is 91.2 Å². The number of benzene rings is 2. The summed E-state index contributed by atoms with van der Waals surface area (Å²) in [5, 5.41) is 6.84. The van der Waals surface area contributed by atoms with Crippen molar-refractivity contribution >= 4 is 11.9 Å². The molecular weight excluding hydrogens is 306 g/mol. The molecule has 0 unspecified atom stereocenters. The van der Waals surface area contributed by atoms with E-state index in [1.165, 1.54) is 16.8 Å². The molecule has 0 radical (unpaired) electrons. The van der Waals surface area contributed by atoms with Crippen LogP contribution in [-0.2, 0) is 5.41 Å². The summed E-state index contributed by atoms with van der Waals surface area (Å²) in [6, 6.07) is 17.5. The summed E-state index contributed by atoms with van der Waals surface area (Å²) >= 11 is 0. The minimum atomic E-state index is 0.196. The SMILES string of the molecule is Cc1ccc(N2CCN(/N=C/c3ccc(C(C)(C)C)cc3)CC2)cc1. The van der Waals surface area contributed by atoms with E-state index in [4.69, 9.17) is 0 Å². The van der Waals surface area contributed by atoms with E-state index in [9.17, 15) is 0 Å². The largest absolute Gasteiger partial charge is 0.368 e. The number of nitrogens with zero attached hydrogens (tertiary/aromatic N) is 3. The second-order valence-corrected chi connectivity index (χ2v) is 7.89. The van der Waals surface area contributed by atoms with Crippen molar-refractivity contribution in [3.63, 3.8) is 0 Å². The standard InChI is InChI=1S/C22H29N3/c1-18-5-11-21(12-6-18)24-13-15-25(16-14-24)23-17-19-7-9-20(10-8-19)22(2,3)4/h5-12,17H,13-16H2,1-4H3/b23-17+. The van der Waals surface area contributed by atoms with Crippen molar-refractivity contribution < 1.29 is 0 Å². The zero-order valence-corrected chi connectivity index (χ0v) is 15.9. The molecule has 0 bridgehead atoms. The molecule has 0 aromatic heterocycles. The number of rotatable bonds is 3. The van der Waals surface area contributed by atoms with Gasteiger partial charge in [-0.3, -0.25) is 5.01 Å². The van der Waals surface area contributed by atoms with E-state index in [1.807, 2.05) is 6.21 Å². The van der Waals surface area contributed by atoms with Crippen LogP contribution in [0.4, 0.5) is 5.69 Å². The van der Waals surface area contributed by atoms with Crippen LogP contribution in [0.25, 0.3) is 0 Å². The number of hydrazone groups is 1. The van der Waals surface area contributed by atoms with Crippen molar-refractivity contribution in [2.45, 2.75) is 33.1 Å². The summed E-state index contributed by atoms with van der Waals surface area (Å²) in [6.07, 6.45) is 1.98. The molecule has 1 aliphatic heterocycles. The first-order valence-corrected chi connectivity index (χ1v) is 9.13. The van der Waals surface area contributed by atoms with Crippen LogP contribution >= 0.6 is 0 Å². The summed E-state index contributed by atoms with van der Waals surface area (Å²) in [6.45, 7) is 12.8. The predicted molar refractivity (Wildman–Crippen MR) is 108 cm³/mol. The van der Waals surface area contributed by atoms with Gasteiger partial charge >= 0.3 is 0 Å². The van der Waals surface area contributed by atoms with Crippen LogP contribution in [0.3, 0.4) is 0 Å². The van der Waals surface area contributed by atoms with Gasteiger partial charge in [0.2, 0.25) is 0 Å². The normalized spacial score (nSPS) is 15.8. The molecule has 1 fully saturated rings. The van der Waals surface area contributed by atoms with Gasteiger partial charge in [-0.25, -0.2) is 0 Å². The lowest BCUT2D eigenvalue weighted by atomic mass is 9.87. The van der Waals surface area contributed by atoms with Gasteiger partial charge < -0.3 is 4.90 Å². The Kier molecular flexibility index (Phi) is 5.12. The number of aryl methyl sites for hydroxylation is 1. The Bertz CT molecular complexity index is 700. The number of piperazine rings is 1. The Morgan fingerprint density at radius 2 is 1.44 bits per heavy atom. The molecule has 1 aliphatic rings. The molecule has 0 N–H and O–H groups in total. The van der Waals surface area contributed by atoms with Crippen LogP contribution < -0.4 is 4.90 Å². The Balaban J connectivity index is 1.55. The van der Waals surface area contributed by atoms with E-state index >= 15 is 0 Å². The van der Waals surface area contributed by atoms with Crippen LogP contribution in [0, 0.1) is 6.92 Å². The Labute approximate surface area is 152 Å². The van der Waals surface area contributed by atoms with Gasteiger partial charge in [0, 0.05) is 18.8 Å². The summed E-state index contributed by atoms with van der Waals surface area (Å²) in [4.78, 5) is 2.43. The highest BCUT2D eigenvalue weighted by Gasteiger charge is 2.15. The van der Waals surface area contributed by atoms with Crippen LogP contribution in [-0.4, -0.2) is 37.4 Å². The Morgan fingerprint density at radius 3 is 2.00 bits per heavy atom. The van der Waals surface area contributed by atoms with Crippen molar-refractivity contribution in [3.8, 4) is 0 Å². The third kappa shape index (κ3) is 4.62. The van der Waals surface area contributed by atoms with Gasteiger partial charge in [-0.15, -0.1) is 0 Å². The van der Waals surface area contributed by atoms with E-state index in [0.717, 1.165) is 31.7 Å². The maximum atomic E-state index is 4.67. The van der Waals surface area contributed by atoms with E-state index in [-0.39, 0.29) is 5.41 Å². The average molecular weight is 335 g/mol. The molecule has 0 atom stereocenters. The molecule has 1 heterocycles. The first-order chi connectivity index (χ1) is 11.9. The molecule has 0 saturated carbocycles. The van der Waals surface area contributed by atoms with Gasteiger partial charge in [0.25, 0.3) is 0 Å². The highest BCUT2D eigenvalue weighted by molar-refractivity contribution is 5.79. The molecule has 3 nitrogen and oxygen atoms in total. The molecule has 1 saturated heterocycles. The first kappa shape index (κ1) is 17.5. The minimum Gasteiger partial charge on any atom is -0.368 e. The molecule has 0 amide bonds. The fraction of sp³-hybridized carbons (Fsp3) is 0.409. The Hall–Kier alpha value is -2.29. The summed E-state index contributed by atoms with van der Waals surface area (Å²) < 4.78 is 0. The topological polar surface area (TPSA) is 18.8 Å². The quantitative estimate of drug-likeness (QED) is 0.772. The second kappa shape index (κ2) is 7.30. The van der Waals surface area contributed by atoms with Crippen molar-refractivity contribution in [1.29, 1.82) is 0 Å². The van der Waals surface area contributed by atoms with Crippen molar-refractivity contribution in [2.75, 3.05) is 31.1 Å². The zero-order valence-electron chi connectivity index (χ0n) is 15.9. The maximum Gasteiger partial charge on any atom is 0.0542 e. The molecule has 0 spiro atoms. The van der Waals surface area contributed by atoms with Crippen LogP contribution in [0.15, 0.2) is 53.6 Å². The fourth-order valence-corrected chi connectivity index (χ4v) is 3.04. The lowest BCUT2D eigenvalue weighted by Gasteiger charge is -2.34. The molecule has 3 heteroatoms. The van der Waals surface area contributed by atoms with Gasteiger partial charge in [0.05, 0.1) is 19.3 Å². The van der Waals surface area contributed by atoms with E-state index < -0.39 is 0 Å². The molecule has 2 aromatic carbocycles. The van der Waals surface area contributed by atoms with Gasteiger partial charge in [-0.1, -0.05) is 62.7 Å². The molecule has 3 rings (SSSR count). The highest BCUT2D eigenvalue weighted by Crippen LogP contribution is 2.22. The van der Waals surface area contributed by atoms with Crippen LogP contribution in [0.2, 0.25) is 0 Å². The van der Waals surface area contributed by atoms with Gasteiger partial charge in [-0.05, 0) is 35.6 Å². The van der Waals surface area contributed by atoms with Crippen molar-refractivity contribution in [1.82, 2.24) is 5.01 Å². The predicted octanol–water partition coefficient (Wildman–Crippen LogP) is 4.45. The third-order valence-corrected chi connectivity index (χ3v) is 4.80. The van der Waals surface area contributed by atoms with Gasteiger partial charge in [-0.2, -0.15) is 5.10 Å². The highest BCUT2D eigenvalue weighted by atomic mass is 15.5. The zero-order chi connectivity index (χ0) is 17.9. The molecular formula is C22H29N3. The summed E-state index contributed by atoms with van der Waals surface area (Å²) in [5.41, 5.74) is 5.34. The van der Waals surface area contributed by atoms with Crippen LogP contribution in [0.5, 0.6) is 0 Å². The number of hydrogen-bond acceptors (Lipinski definition) is 3. The first-order valence-electron chi connectivity index (χ1n) is 9.13. The van der Waals surface area contributed by atoms with Gasteiger partial charge in [0.15, 0.2) is 0 Å². The summed E-state index contributed by atoms with van der Waals surface area (Å²) in [5.74, 6) is 0. The molecule has 132 valence electrons. The third-order valence-electron chi connectivity index (χ3n) is 4.80. The average Bonchev–Trinajstić information content (AvgIpc) is 2.61. The molecule has 0 aliphatic carbocycles. The smallest absolute Gasteiger partial charge is 0.0542 e. The second-order valence-electron chi connectivity index (χ2n) is 7.89. The lowest BCUT2D eigenvalue weighted by molar-refractivity contribution is 0.272. The minimum absolute atomic E-state index is 0.196. The number of hydrogen-bond donors (Lipinski definition) is 0. The number of anilines is 1. The fourth-order valence-electron chi connectivity index (χ4n) is 3.04. The van der Waals surface area contributed by atoms with Crippen molar-refractivity contribution in [3.05, 3.63) is 65.2 Å². The van der Waals surface area contributed by atoms with E-state index in [0.29, 0.717) is 0 Å². The lowest BCUT2D eigenvalue weighted by Crippen LogP contribution is -2.44. The van der Waals surface area contributed by atoms with Crippen LogP contribution in [0.1, 0.15) is 37.5 Å². The van der Waals surface area contributed by atoms with Crippen molar-refractivity contribution in [2.24, 2.45) is 5.10 Å². The van der Waals surface area contributed by atoms with Gasteiger partial charge in [0.1, 0.15) is 0 Å². The monoisotopic (exact) mass is 335 g/mol.